The number of benzene rings is 1. The van der Waals surface area contributed by atoms with Crippen molar-refractivity contribution in [2.75, 3.05) is 0 Å². The first kappa shape index (κ1) is 26.6. The van der Waals surface area contributed by atoms with Gasteiger partial charge in [-0.1, -0.05) is 79.7 Å². The standard InChI is InChI=1S/C16H15S.C8H8S.2ClH.Zr/c1-2-5-15-8-9-16(17-15)14-10-12-6-3-4-7-13(12)11-14;1-6-5-7-3-2-4-8(7)9-6;;;/h3-4,6-11H,2,5H2,1H3;2-5,7H,1H3;2*1H;/q-1;;;;+3/p-2. The van der Waals surface area contributed by atoms with Gasteiger partial charge in [0.1, 0.15) is 0 Å². The van der Waals surface area contributed by atoms with Crippen molar-refractivity contribution in [3.8, 4) is 10.4 Å². The van der Waals surface area contributed by atoms with E-state index in [9.17, 15) is 0 Å². The van der Waals surface area contributed by atoms with Crippen molar-refractivity contribution in [2.45, 2.75) is 26.7 Å². The maximum atomic E-state index is 2.31. The van der Waals surface area contributed by atoms with Crippen LogP contribution in [0.5, 0.6) is 0 Å². The van der Waals surface area contributed by atoms with Gasteiger partial charge in [-0.2, -0.15) is 11.3 Å². The van der Waals surface area contributed by atoms with Crippen molar-refractivity contribution in [3.63, 3.8) is 0 Å². The molecular weight excluding hydrogens is 515 g/mol. The van der Waals surface area contributed by atoms with Crippen LogP contribution in [0.3, 0.4) is 0 Å². The minimum Gasteiger partial charge on any atom is -1.00 e. The molecule has 1 atom stereocenters. The molecule has 5 rings (SSSR count). The van der Waals surface area contributed by atoms with Crippen LogP contribution >= 0.6 is 23.1 Å². The zero-order valence-electron chi connectivity index (χ0n) is 16.5. The van der Waals surface area contributed by atoms with E-state index < -0.39 is 0 Å². The first-order chi connectivity index (χ1) is 12.7. The number of thiophene rings is 1. The summed E-state index contributed by atoms with van der Waals surface area (Å²) in [6.07, 6.45) is 11.3. The summed E-state index contributed by atoms with van der Waals surface area (Å²) in [5.41, 5.74) is 1.36. The predicted molar refractivity (Wildman–Crippen MR) is 119 cm³/mol. The largest absolute Gasteiger partial charge is 3.00 e. The second kappa shape index (κ2) is 12.4. The van der Waals surface area contributed by atoms with Crippen molar-refractivity contribution in [2.24, 2.45) is 5.92 Å². The van der Waals surface area contributed by atoms with Crippen molar-refractivity contribution in [1.29, 1.82) is 0 Å². The van der Waals surface area contributed by atoms with E-state index in [1.165, 1.54) is 48.7 Å². The fraction of sp³-hybridized carbons (Fsp3) is 0.208. The van der Waals surface area contributed by atoms with Gasteiger partial charge in [0.05, 0.1) is 0 Å². The third-order valence-electron chi connectivity index (χ3n) is 4.66. The quantitative estimate of drug-likeness (QED) is 0.461. The average molecular weight is 538 g/mol. The molecule has 29 heavy (non-hydrogen) atoms. The van der Waals surface area contributed by atoms with Crippen molar-refractivity contribution < 1.29 is 51.0 Å². The van der Waals surface area contributed by atoms with Crippen molar-refractivity contribution in [1.82, 2.24) is 0 Å². The number of rotatable bonds is 3. The first-order valence-corrected chi connectivity index (χ1v) is 10.9. The monoisotopic (exact) mass is 535 g/mol. The molecule has 0 N–H and O–H groups in total. The van der Waals surface area contributed by atoms with Gasteiger partial charge in [0.15, 0.2) is 0 Å². The zero-order valence-corrected chi connectivity index (χ0v) is 22.1. The molecule has 149 valence electrons. The van der Waals surface area contributed by atoms with Crippen LogP contribution in [0, 0.1) is 5.92 Å². The molecule has 3 aromatic rings. The van der Waals surface area contributed by atoms with Crippen LogP contribution in [0.2, 0.25) is 0 Å². The summed E-state index contributed by atoms with van der Waals surface area (Å²) in [7, 11) is 0. The van der Waals surface area contributed by atoms with Crippen LogP contribution in [0.15, 0.2) is 82.6 Å². The summed E-state index contributed by atoms with van der Waals surface area (Å²) < 4.78 is 0. The molecule has 0 saturated heterocycles. The van der Waals surface area contributed by atoms with E-state index in [0.29, 0.717) is 5.92 Å². The smallest absolute Gasteiger partial charge is 1.00 e. The molecule has 0 spiro atoms. The van der Waals surface area contributed by atoms with Gasteiger partial charge in [-0.15, -0.1) is 34.5 Å². The Labute approximate surface area is 213 Å². The van der Waals surface area contributed by atoms with E-state index in [2.05, 4.69) is 86.7 Å². The van der Waals surface area contributed by atoms with Gasteiger partial charge in [-0.3, -0.25) is 0 Å². The summed E-state index contributed by atoms with van der Waals surface area (Å²) in [5.74, 6) is 0.634. The number of allylic oxidation sites excluding steroid dienone is 6. The first-order valence-electron chi connectivity index (χ1n) is 9.22. The SMILES string of the molecule is CC1=CC2C=CC=C2S1.CCCc1ccc(-c2cc3ccccc3[cH-]2)s1.[Cl-].[Cl-].[Zr+3]. The summed E-state index contributed by atoms with van der Waals surface area (Å²) >= 11 is 3.82. The van der Waals surface area contributed by atoms with Crippen LogP contribution < -0.4 is 24.8 Å². The Morgan fingerprint density at radius 1 is 1.07 bits per heavy atom. The Bertz CT molecular complexity index is 978. The van der Waals surface area contributed by atoms with Crippen molar-refractivity contribution in [3.05, 3.63) is 87.5 Å². The maximum Gasteiger partial charge on any atom is 3.00 e. The minimum absolute atomic E-state index is 0. The normalized spacial score (nSPS) is 15.9. The van der Waals surface area contributed by atoms with Gasteiger partial charge in [-0.05, 0) is 28.0 Å². The van der Waals surface area contributed by atoms with Gasteiger partial charge in [0.2, 0.25) is 0 Å². The summed E-state index contributed by atoms with van der Waals surface area (Å²) in [6.45, 7) is 4.40. The zero-order chi connectivity index (χ0) is 17.9. The number of aryl methyl sites for hydroxylation is 1. The molecule has 0 fully saturated rings. The summed E-state index contributed by atoms with van der Waals surface area (Å²) in [4.78, 5) is 5.82. The molecule has 1 aliphatic heterocycles. The molecule has 2 aliphatic rings. The van der Waals surface area contributed by atoms with Gasteiger partial charge in [0, 0.05) is 10.8 Å². The van der Waals surface area contributed by atoms with Crippen molar-refractivity contribution >= 4 is 33.9 Å². The molecule has 0 bridgehead atoms. The number of fused-ring (bicyclic) bond motifs is 2. The van der Waals surface area contributed by atoms with E-state index in [-0.39, 0.29) is 51.0 Å². The van der Waals surface area contributed by atoms with Gasteiger partial charge in [0.25, 0.3) is 0 Å². The second-order valence-electron chi connectivity index (χ2n) is 6.75. The number of thioether (sulfide) groups is 1. The molecule has 1 aromatic heterocycles. The Hall–Kier alpha value is -0.437. The Balaban J connectivity index is 0.000000302. The van der Waals surface area contributed by atoms with E-state index in [1.807, 2.05) is 23.1 Å². The minimum atomic E-state index is 0. The second-order valence-corrected chi connectivity index (χ2v) is 9.24. The molecule has 1 radical (unpaired) electrons. The van der Waals surface area contributed by atoms with Gasteiger partial charge < -0.3 is 24.8 Å². The maximum absolute atomic E-state index is 2.31. The third-order valence-corrected chi connectivity index (χ3v) is 6.96. The summed E-state index contributed by atoms with van der Waals surface area (Å²) in [6, 6.07) is 17.7. The molecule has 0 saturated carbocycles. The fourth-order valence-corrected chi connectivity index (χ4v) is 5.51. The predicted octanol–water partition coefficient (Wildman–Crippen LogP) is 1.95. The Morgan fingerprint density at radius 3 is 2.59 bits per heavy atom. The average Bonchev–Trinajstić information content (AvgIpc) is 3.37. The number of halogens is 2. The number of hydrogen-bond acceptors (Lipinski definition) is 2. The molecule has 0 amide bonds. The molecule has 5 heteroatoms. The molecule has 1 aliphatic carbocycles. The van der Waals surface area contributed by atoms with Crippen LogP contribution in [0.25, 0.3) is 21.2 Å². The van der Waals surface area contributed by atoms with E-state index in [1.54, 1.807) is 0 Å². The fourth-order valence-electron chi connectivity index (χ4n) is 3.40. The molecule has 2 heterocycles. The van der Waals surface area contributed by atoms with E-state index >= 15 is 0 Å². The third kappa shape index (κ3) is 6.52. The van der Waals surface area contributed by atoms with Crippen LogP contribution in [-0.4, -0.2) is 0 Å². The van der Waals surface area contributed by atoms with Gasteiger partial charge in [-0.25, -0.2) is 0 Å². The Kier molecular flexibility index (Phi) is 11.4. The number of hydrogen-bond donors (Lipinski definition) is 0. The molecule has 0 nitrogen and oxygen atoms in total. The van der Waals surface area contributed by atoms with E-state index in [4.69, 9.17) is 0 Å². The van der Waals surface area contributed by atoms with E-state index in [0.717, 1.165) is 0 Å². The molecular formula is C24H23Cl2S2Zr. The van der Waals surface area contributed by atoms with Crippen LogP contribution in [0.4, 0.5) is 0 Å². The summed E-state index contributed by atoms with van der Waals surface area (Å²) in [5, 5.41) is 2.68. The molecule has 1 unspecified atom stereocenters. The topological polar surface area (TPSA) is 0 Å². The molecule has 2 aromatic carbocycles. The van der Waals surface area contributed by atoms with Gasteiger partial charge >= 0.3 is 26.2 Å². The van der Waals surface area contributed by atoms with Crippen LogP contribution in [0.1, 0.15) is 25.1 Å². The van der Waals surface area contributed by atoms with Crippen LogP contribution in [-0.2, 0) is 32.6 Å². The Morgan fingerprint density at radius 2 is 1.86 bits per heavy atom.